The first-order valence-electron chi connectivity index (χ1n) is 4.40. The standard InChI is InChI=1S/C8H13ClN4O2/c9-7-4(3-12-8(11)13-7)6(15)5(14)1-2-10/h3,5-6,14-15H,1-2,10H2,(H2,11,12,13). The molecule has 1 aromatic heterocycles. The van der Waals surface area contributed by atoms with Gasteiger partial charge in [-0.2, -0.15) is 0 Å². The Kier molecular flexibility index (Phi) is 4.22. The van der Waals surface area contributed by atoms with E-state index in [2.05, 4.69) is 9.97 Å². The summed E-state index contributed by atoms with van der Waals surface area (Å²) in [5, 5.41) is 19.2. The molecular formula is C8H13ClN4O2. The van der Waals surface area contributed by atoms with E-state index in [4.69, 9.17) is 23.1 Å². The molecule has 2 atom stereocenters. The smallest absolute Gasteiger partial charge is 0.221 e. The number of hydrogen-bond donors (Lipinski definition) is 4. The summed E-state index contributed by atoms with van der Waals surface area (Å²) in [7, 11) is 0. The maximum absolute atomic E-state index is 9.68. The van der Waals surface area contributed by atoms with Gasteiger partial charge < -0.3 is 21.7 Å². The molecule has 1 heterocycles. The van der Waals surface area contributed by atoms with Gasteiger partial charge in [0.1, 0.15) is 11.3 Å². The number of aliphatic hydroxyl groups excluding tert-OH is 2. The van der Waals surface area contributed by atoms with Crippen LogP contribution < -0.4 is 11.5 Å². The maximum atomic E-state index is 9.68. The van der Waals surface area contributed by atoms with Crippen molar-refractivity contribution in [3.8, 4) is 0 Å². The summed E-state index contributed by atoms with van der Waals surface area (Å²) in [4.78, 5) is 7.35. The fraction of sp³-hybridized carbons (Fsp3) is 0.500. The van der Waals surface area contributed by atoms with E-state index in [-0.39, 0.29) is 29.6 Å². The third-order valence-corrected chi connectivity index (χ3v) is 2.24. The molecular weight excluding hydrogens is 220 g/mol. The largest absolute Gasteiger partial charge is 0.390 e. The highest BCUT2D eigenvalue weighted by Crippen LogP contribution is 2.24. The number of nitrogen functional groups attached to an aromatic ring is 1. The molecule has 0 aliphatic carbocycles. The van der Waals surface area contributed by atoms with Crippen LogP contribution in [0.25, 0.3) is 0 Å². The van der Waals surface area contributed by atoms with E-state index in [0.717, 1.165) is 0 Å². The molecule has 0 amide bonds. The summed E-state index contributed by atoms with van der Waals surface area (Å²) in [6.45, 7) is 0.270. The minimum absolute atomic E-state index is 0.0178. The average molecular weight is 233 g/mol. The Morgan fingerprint density at radius 3 is 2.67 bits per heavy atom. The number of halogens is 1. The zero-order chi connectivity index (χ0) is 11.4. The number of hydrogen-bond acceptors (Lipinski definition) is 6. The third-order valence-electron chi connectivity index (χ3n) is 1.93. The Labute approximate surface area is 91.9 Å². The lowest BCUT2D eigenvalue weighted by molar-refractivity contribution is 0.0147. The Morgan fingerprint density at radius 1 is 1.47 bits per heavy atom. The van der Waals surface area contributed by atoms with E-state index in [1.54, 1.807) is 0 Å². The maximum Gasteiger partial charge on any atom is 0.221 e. The van der Waals surface area contributed by atoms with Crippen molar-refractivity contribution < 1.29 is 10.2 Å². The minimum Gasteiger partial charge on any atom is -0.390 e. The normalized spacial score (nSPS) is 14.9. The second-order valence-electron chi connectivity index (χ2n) is 3.06. The SMILES string of the molecule is NCCC(O)C(O)c1cnc(N)nc1Cl. The Hall–Kier alpha value is -0.950. The highest BCUT2D eigenvalue weighted by molar-refractivity contribution is 6.30. The predicted octanol–water partition coefficient (Wildman–Crippen LogP) is -0.545. The number of rotatable bonds is 4. The minimum atomic E-state index is -1.15. The molecule has 7 heteroatoms. The highest BCUT2D eigenvalue weighted by Gasteiger charge is 2.21. The summed E-state index contributed by atoms with van der Waals surface area (Å²) in [6, 6.07) is 0. The molecule has 2 unspecified atom stereocenters. The van der Waals surface area contributed by atoms with Crippen LogP contribution in [-0.4, -0.2) is 32.8 Å². The van der Waals surface area contributed by atoms with Crippen LogP contribution >= 0.6 is 11.6 Å². The van der Waals surface area contributed by atoms with Crippen LogP contribution in [0.3, 0.4) is 0 Å². The summed E-state index contributed by atoms with van der Waals surface area (Å²) in [6.07, 6.45) is -0.585. The molecule has 6 N–H and O–H groups in total. The molecule has 0 aliphatic rings. The van der Waals surface area contributed by atoms with Gasteiger partial charge in [-0.05, 0) is 13.0 Å². The van der Waals surface area contributed by atoms with Crippen LogP contribution in [-0.2, 0) is 0 Å². The van der Waals surface area contributed by atoms with Crippen molar-refractivity contribution in [1.82, 2.24) is 9.97 Å². The second kappa shape index (κ2) is 5.22. The monoisotopic (exact) mass is 232 g/mol. The van der Waals surface area contributed by atoms with Crippen molar-refractivity contribution >= 4 is 17.5 Å². The molecule has 0 aromatic carbocycles. The molecule has 0 aliphatic heterocycles. The lowest BCUT2D eigenvalue weighted by atomic mass is 10.1. The highest BCUT2D eigenvalue weighted by atomic mass is 35.5. The summed E-state index contributed by atoms with van der Waals surface area (Å²) >= 11 is 5.74. The van der Waals surface area contributed by atoms with Gasteiger partial charge >= 0.3 is 0 Å². The van der Waals surface area contributed by atoms with Gasteiger partial charge in [-0.15, -0.1) is 0 Å². The van der Waals surface area contributed by atoms with Crippen LogP contribution in [0.15, 0.2) is 6.20 Å². The number of aliphatic hydroxyl groups is 2. The fourth-order valence-electron chi connectivity index (χ4n) is 1.12. The second-order valence-corrected chi connectivity index (χ2v) is 3.42. The van der Waals surface area contributed by atoms with Crippen molar-refractivity contribution in [2.45, 2.75) is 18.6 Å². The zero-order valence-electron chi connectivity index (χ0n) is 7.97. The molecule has 84 valence electrons. The Morgan fingerprint density at radius 2 is 2.13 bits per heavy atom. The lowest BCUT2D eigenvalue weighted by Gasteiger charge is -2.17. The van der Waals surface area contributed by atoms with E-state index < -0.39 is 12.2 Å². The predicted molar refractivity (Wildman–Crippen MR) is 56.1 cm³/mol. The van der Waals surface area contributed by atoms with E-state index in [1.807, 2.05) is 0 Å². The Bertz CT molecular complexity index is 336. The van der Waals surface area contributed by atoms with Crippen molar-refractivity contribution in [2.24, 2.45) is 5.73 Å². The molecule has 0 saturated heterocycles. The van der Waals surface area contributed by atoms with Crippen LogP contribution in [0, 0.1) is 0 Å². The summed E-state index contributed by atoms with van der Waals surface area (Å²) in [5.41, 5.74) is 10.8. The fourth-order valence-corrected chi connectivity index (χ4v) is 1.36. The first kappa shape index (κ1) is 12.1. The number of nitrogens with two attached hydrogens (primary N) is 2. The van der Waals surface area contributed by atoms with Gasteiger partial charge in [0.05, 0.1) is 6.10 Å². The van der Waals surface area contributed by atoms with Gasteiger partial charge in [0.2, 0.25) is 5.95 Å². The quantitative estimate of drug-likeness (QED) is 0.518. The van der Waals surface area contributed by atoms with Crippen molar-refractivity contribution in [1.29, 1.82) is 0 Å². The molecule has 1 aromatic rings. The van der Waals surface area contributed by atoms with Gasteiger partial charge in [0.15, 0.2) is 0 Å². The van der Waals surface area contributed by atoms with Gasteiger partial charge in [-0.1, -0.05) is 11.6 Å². The number of anilines is 1. The molecule has 6 nitrogen and oxygen atoms in total. The van der Waals surface area contributed by atoms with Crippen LogP contribution in [0.5, 0.6) is 0 Å². The lowest BCUT2D eigenvalue weighted by Crippen LogP contribution is -2.22. The van der Waals surface area contributed by atoms with E-state index >= 15 is 0 Å². The van der Waals surface area contributed by atoms with Gasteiger partial charge in [-0.25, -0.2) is 9.97 Å². The van der Waals surface area contributed by atoms with Crippen LogP contribution in [0.2, 0.25) is 5.15 Å². The van der Waals surface area contributed by atoms with Crippen molar-refractivity contribution in [2.75, 3.05) is 12.3 Å². The van der Waals surface area contributed by atoms with Crippen molar-refractivity contribution in [3.05, 3.63) is 16.9 Å². The topological polar surface area (TPSA) is 118 Å². The molecule has 0 radical (unpaired) electrons. The molecule has 0 fully saturated rings. The van der Waals surface area contributed by atoms with E-state index in [9.17, 15) is 10.2 Å². The molecule has 0 saturated carbocycles. The summed E-state index contributed by atoms with van der Waals surface area (Å²) < 4.78 is 0. The first-order valence-corrected chi connectivity index (χ1v) is 4.78. The first-order chi connectivity index (χ1) is 7.06. The Balaban J connectivity index is 2.86. The molecule has 1 rings (SSSR count). The zero-order valence-corrected chi connectivity index (χ0v) is 8.72. The number of nitrogens with zero attached hydrogens (tertiary/aromatic N) is 2. The van der Waals surface area contributed by atoms with E-state index in [1.165, 1.54) is 6.20 Å². The third kappa shape index (κ3) is 3.00. The van der Waals surface area contributed by atoms with Crippen LogP contribution in [0.4, 0.5) is 5.95 Å². The average Bonchev–Trinajstić information content (AvgIpc) is 2.17. The molecule has 0 bridgehead atoms. The van der Waals surface area contributed by atoms with Crippen LogP contribution in [0.1, 0.15) is 18.1 Å². The van der Waals surface area contributed by atoms with Crippen molar-refractivity contribution in [3.63, 3.8) is 0 Å². The van der Waals surface area contributed by atoms with Gasteiger partial charge in [-0.3, -0.25) is 0 Å². The number of aromatic nitrogens is 2. The van der Waals surface area contributed by atoms with Gasteiger partial charge in [0.25, 0.3) is 0 Å². The summed E-state index contributed by atoms with van der Waals surface area (Å²) in [5.74, 6) is 0.0178. The van der Waals surface area contributed by atoms with E-state index in [0.29, 0.717) is 0 Å². The van der Waals surface area contributed by atoms with Gasteiger partial charge in [0, 0.05) is 11.8 Å². The molecule has 15 heavy (non-hydrogen) atoms. The molecule has 0 spiro atoms.